The van der Waals surface area contributed by atoms with Crippen molar-refractivity contribution in [2.24, 2.45) is 0 Å². The van der Waals surface area contributed by atoms with Crippen molar-refractivity contribution in [1.29, 1.82) is 0 Å². The monoisotopic (exact) mass is 441 g/mol. The second-order valence-electron chi connectivity index (χ2n) is 7.80. The third-order valence-electron chi connectivity index (χ3n) is 5.53. The Balaban J connectivity index is 1.47. The van der Waals surface area contributed by atoms with Gasteiger partial charge in [-0.15, -0.1) is 0 Å². The van der Waals surface area contributed by atoms with Crippen LogP contribution in [0.2, 0.25) is 0 Å². The fourth-order valence-corrected chi connectivity index (χ4v) is 3.65. The summed E-state index contributed by atoms with van der Waals surface area (Å²) in [6, 6.07) is 19.3. The summed E-state index contributed by atoms with van der Waals surface area (Å²) < 4.78 is 12.5. The van der Waals surface area contributed by atoms with Crippen LogP contribution in [0.3, 0.4) is 0 Å². The number of likely N-dealkylation sites (N-methyl/N-ethyl adjacent to an activating group) is 2. The fraction of sp³-hybridized carbons (Fsp3) is 0.160. The number of nitrogens with zero attached hydrogens (tertiary/aromatic N) is 5. The van der Waals surface area contributed by atoms with Crippen LogP contribution in [0.4, 0.5) is 5.82 Å². The van der Waals surface area contributed by atoms with Crippen LogP contribution in [0, 0.1) is 0 Å². The standard InChI is InChI=1S/C25H23N5O3/c1-28(11-12-29(2)25(31)19-10-14-32-17-19)24-16-21(22-9-6-13-33-22)26-23-15-20(27-30(23)24)18-7-4-3-5-8-18/h3-10,13-17H,11-12H2,1-2H3. The topological polar surface area (TPSA) is 80.0 Å². The van der Waals surface area contributed by atoms with Gasteiger partial charge in [0.15, 0.2) is 11.4 Å². The number of benzene rings is 1. The van der Waals surface area contributed by atoms with Crippen LogP contribution in [0.5, 0.6) is 0 Å². The van der Waals surface area contributed by atoms with E-state index in [9.17, 15) is 4.79 Å². The molecule has 4 aromatic heterocycles. The second-order valence-corrected chi connectivity index (χ2v) is 7.80. The van der Waals surface area contributed by atoms with E-state index < -0.39 is 0 Å². The van der Waals surface area contributed by atoms with Crippen LogP contribution in [0.1, 0.15) is 10.4 Å². The van der Waals surface area contributed by atoms with E-state index in [0.717, 1.165) is 22.8 Å². The van der Waals surface area contributed by atoms with Crippen molar-refractivity contribution in [3.05, 3.63) is 85.0 Å². The minimum atomic E-state index is -0.0845. The number of anilines is 1. The first kappa shape index (κ1) is 20.6. The predicted molar refractivity (Wildman–Crippen MR) is 125 cm³/mol. The number of carbonyl (C=O) groups is 1. The lowest BCUT2D eigenvalue weighted by Crippen LogP contribution is -2.35. The summed E-state index contributed by atoms with van der Waals surface area (Å²) in [6.07, 6.45) is 4.59. The number of amides is 1. The maximum atomic E-state index is 12.5. The normalized spacial score (nSPS) is 11.1. The zero-order chi connectivity index (χ0) is 22.8. The van der Waals surface area contributed by atoms with Crippen molar-refractivity contribution < 1.29 is 13.6 Å². The van der Waals surface area contributed by atoms with E-state index in [-0.39, 0.29) is 5.91 Å². The van der Waals surface area contributed by atoms with Gasteiger partial charge in [0.1, 0.15) is 17.8 Å². The van der Waals surface area contributed by atoms with Gasteiger partial charge in [-0.1, -0.05) is 30.3 Å². The Morgan fingerprint density at radius 1 is 0.970 bits per heavy atom. The summed E-state index contributed by atoms with van der Waals surface area (Å²) in [5.74, 6) is 1.44. The molecule has 0 fully saturated rings. The predicted octanol–water partition coefficient (Wildman–Crippen LogP) is 4.46. The number of furan rings is 2. The Morgan fingerprint density at radius 2 is 1.82 bits per heavy atom. The number of hydrogen-bond donors (Lipinski definition) is 0. The highest BCUT2D eigenvalue weighted by molar-refractivity contribution is 5.93. The molecule has 0 radical (unpaired) electrons. The molecule has 8 heteroatoms. The minimum Gasteiger partial charge on any atom is -0.472 e. The van der Waals surface area contributed by atoms with Crippen molar-refractivity contribution in [2.45, 2.75) is 0 Å². The molecule has 5 rings (SSSR count). The van der Waals surface area contributed by atoms with Crippen LogP contribution in [-0.2, 0) is 0 Å². The molecule has 33 heavy (non-hydrogen) atoms. The third-order valence-corrected chi connectivity index (χ3v) is 5.53. The first-order chi connectivity index (χ1) is 16.1. The molecule has 5 aromatic rings. The molecule has 166 valence electrons. The minimum absolute atomic E-state index is 0.0845. The molecule has 0 aliphatic heterocycles. The van der Waals surface area contributed by atoms with E-state index in [1.54, 1.807) is 24.3 Å². The summed E-state index contributed by atoms with van der Waals surface area (Å²) in [5, 5.41) is 4.82. The SMILES string of the molecule is CN(CCN(C)c1cc(-c2ccco2)nc2cc(-c3ccccc3)nn12)C(=O)c1ccoc1. The average molecular weight is 441 g/mol. The molecule has 0 unspecified atom stereocenters. The van der Waals surface area contributed by atoms with Crippen molar-refractivity contribution in [3.63, 3.8) is 0 Å². The first-order valence-corrected chi connectivity index (χ1v) is 10.6. The van der Waals surface area contributed by atoms with E-state index in [1.165, 1.54) is 12.5 Å². The highest BCUT2D eigenvalue weighted by atomic mass is 16.3. The van der Waals surface area contributed by atoms with Gasteiger partial charge in [-0.25, -0.2) is 4.98 Å². The highest BCUT2D eigenvalue weighted by Crippen LogP contribution is 2.27. The molecular weight excluding hydrogens is 418 g/mol. The summed E-state index contributed by atoms with van der Waals surface area (Å²) in [6.45, 7) is 1.12. The third kappa shape index (κ3) is 4.10. The molecule has 0 saturated heterocycles. The molecule has 0 spiro atoms. The van der Waals surface area contributed by atoms with Gasteiger partial charge in [-0.05, 0) is 18.2 Å². The lowest BCUT2D eigenvalue weighted by molar-refractivity contribution is 0.0798. The zero-order valence-corrected chi connectivity index (χ0v) is 18.4. The molecule has 0 aliphatic rings. The molecule has 0 N–H and O–H groups in total. The van der Waals surface area contributed by atoms with Crippen molar-refractivity contribution in [2.75, 3.05) is 32.1 Å². The van der Waals surface area contributed by atoms with Crippen LogP contribution >= 0.6 is 0 Å². The van der Waals surface area contributed by atoms with Crippen molar-refractivity contribution in [1.82, 2.24) is 19.5 Å². The Hall–Kier alpha value is -4.33. The van der Waals surface area contributed by atoms with Gasteiger partial charge in [0, 0.05) is 44.9 Å². The highest BCUT2D eigenvalue weighted by Gasteiger charge is 2.18. The molecule has 0 bridgehead atoms. The van der Waals surface area contributed by atoms with Crippen LogP contribution < -0.4 is 4.90 Å². The number of fused-ring (bicyclic) bond motifs is 1. The van der Waals surface area contributed by atoms with Crippen LogP contribution in [-0.4, -0.2) is 52.6 Å². The maximum Gasteiger partial charge on any atom is 0.256 e. The Bertz CT molecular complexity index is 1360. The van der Waals surface area contributed by atoms with E-state index in [1.807, 2.05) is 66.2 Å². The molecule has 1 amide bonds. The molecule has 0 aliphatic carbocycles. The summed E-state index contributed by atoms with van der Waals surface area (Å²) in [5.41, 5.74) is 3.82. The smallest absolute Gasteiger partial charge is 0.256 e. The summed E-state index contributed by atoms with van der Waals surface area (Å²) >= 11 is 0. The largest absolute Gasteiger partial charge is 0.472 e. The van der Waals surface area contributed by atoms with Gasteiger partial charge in [0.05, 0.1) is 23.8 Å². The lowest BCUT2D eigenvalue weighted by Gasteiger charge is -2.24. The van der Waals surface area contributed by atoms with Crippen LogP contribution in [0.25, 0.3) is 28.4 Å². The van der Waals surface area contributed by atoms with Gasteiger partial charge in [-0.3, -0.25) is 4.79 Å². The summed E-state index contributed by atoms with van der Waals surface area (Å²) in [4.78, 5) is 21.0. The Labute approximate surface area is 190 Å². The molecule has 0 atom stereocenters. The quantitative estimate of drug-likeness (QED) is 0.371. The molecule has 4 heterocycles. The van der Waals surface area contributed by atoms with E-state index in [0.29, 0.717) is 30.1 Å². The maximum absolute atomic E-state index is 12.5. The van der Waals surface area contributed by atoms with Gasteiger partial charge < -0.3 is 18.6 Å². The van der Waals surface area contributed by atoms with Crippen LogP contribution in [0.15, 0.2) is 88.3 Å². The van der Waals surface area contributed by atoms with Gasteiger partial charge in [-0.2, -0.15) is 9.61 Å². The van der Waals surface area contributed by atoms with Crippen molar-refractivity contribution >= 4 is 17.4 Å². The van der Waals surface area contributed by atoms with Crippen molar-refractivity contribution in [3.8, 4) is 22.7 Å². The van der Waals surface area contributed by atoms with E-state index in [4.69, 9.17) is 18.9 Å². The van der Waals surface area contributed by atoms with Gasteiger partial charge in [0.25, 0.3) is 5.91 Å². The number of carbonyl (C=O) groups excluding carboxylic acids is 1. The number of aromatic nitrogens is 3. The Kier molecular flexibility index (Phi) is 5.40. The second kappa shape index (κ2) is 8.66. The molecule has 8 nitrogen and oxygen atoms in total. The van der Waals surface area contributed by atoms with E-state index >= 15 is 0 Å². The summed E-state index contributed by atoms with van der Waals surface area (Å²) in [7, 11) is 3.75. The van der Waals surface area contributed by atoms with E-state index in [2.05, 4.69) is 4.90 Å². The Morgan fingerprint density at radius 3 is 2.55 bits per heavy atom. The number of hydrogen-bond acceptors (Lipinski definition) is 6. The average Bonchev–Trinajstić information content (AvgIpc) is 3.63. The zero-order valence-electron chi connectivity index (χ0n) is 18.4. The van der Waals surface area contributed by atoms with Gasteiger partial charge in [0.2, 0.25) is 0 Å². The molecule has 0 saturated carbocycles. The number of rotatable bonds is 7. The fourth-order valence-electron chi connectivity index (χ4n) is 3.65. The van der Waals surface area contributed by atoms with Gasteiger partial charge >= 0.3 is 0 Å². The lowest BCUT2D eigenvalue weighted by atomic mass is 10.2. The molecule has 1 aromatic carbocycles. The first-order valence-electron chi connectivity index (χ1n) is 10.6. The molecular formula is C25H23N5O3.